The van der Waals surface area contributed by atoms with Gasteiger partial charge in [0.1, 0.15) is 11.4 Å². The van der Waals surface area contributed by atoms with Crippen molar-refractivity contribution in [2.24, 2.45) is 0 Å². The molecule has 2 aromatic rings. The monoisotopic (exact) mass is 306 g/mol. The standard InChI is InChI=1S/C14H18N4O4/c1-22-11-4-2-10(3-5-11)8-12(15-14(20)21)13-9-18(6-7-19)17-16-13/h2-5,9,12,15,19H,6-8H2,1H3,(H,20,21). The third-order valence-electron chi connectivity index (χ3n) is 3.14. The molecule has 8 heteroatoms. The van der Waals surface area contributed by atoms with E-state index < -0.39 is 12.1 Å². The molecule has 0 bridgehead atoms. The van der Waals surface area contributed by atoms with E-state index in [-0.39, 0.29) is 6.61 Å². The van der Waals surface area contributed by atoms with Crippen LogP contribution < -0.4 is 10.1 Å². The van der Waals surface area contributed by atoms with Crippen LogP contribution in [-0.4, -0.2) is 45.0 Å². The van der Waals surface area contributed by atoms with Crippen LogP contribution in [0.25, 0.3) is 0 Å². The van der Waals surface area contributed by atoms with Crippen molar-refractivity contribution < 1.29 is 19.7 Å². The molecule has 0 saturated heterocycles. The molecule has 1 aromatic carbocycles. The van der Waals surface area contributed by atoms with Gasteiger partial charge in [0.2, 0.25) is 0 Å². The Balaban J connectivity index is 2.15. The van der Waals surface area contributed by atoms with E-state index in [1.165, 1.54) is 4.68 Å². The van der Waals surface area contributed by atoms with Gasteiger partial charge < -0.3 is 20.3 Å². The van der Waals surface area contributed by atoms with Crippen LogP contribution >= 0.6 is 0 Å². The van der Waals surface area contributed by atoms with Crippen LogP contribution in [0.1, 0.15) is 17.3 Å². The normalized spacial score (nSPS) is 11.9. The predicted molar refractivity (Wildman–Crippen MR) is 77.7 cm³/mol. The molecule has 1 aromatic heterocycles. The highest BCUT2D eigenvalue weighted by Crippen LogP contribution is 2.19. The highest BCUT2D eigenvalue weighted by molar-refractivity contribution is 5.65. The second-order valence-electron chi connectivity index (χ2n) is 4.68. The summed E-state index contributed by atoms with van der Waals surface area (Å²) in [4.78, 5) is 11.0. The topological polar surface area (TPSA) is 110 Å². The zero-order valence-corrected chi connectivity index (χ0v) is 12.1. The molecule has 1 heterocycles. The molecule has 22 heavy (non-hydrogen) atoms. The maximum Gasteiger partial charge on any atom is 0.405 e. The molecule has 0 spiro atoms. The van der Waals surface area contributed by atoms with Crippen molar-refractivity contribution in [2.75, 3.05) is 13.7 Å². The van der Waals surface area contributed by atoms with Crippen molar-refractivity contribution in [1.82, 2.24) is 20.3 Å². The van der Waals surface area contributed by atoms with Gasteiger partial charge in [0.15, 0.2) is 0 Å². The van der Waals surface area contributed by atoms with Gasteiger partial charge in [-0.3, -0.25) is 0 Å². The molecule has 0 fully saturated rings. The van der Waals surface area contributed by atoms with Crippen LogP contribution in [0, 0.1) is 0 Å². The summed E-state index contributed by atoms with van der Waals surface area (Å²) in [6, 6.07) is 6.85. The van der Waals surface area contributed by atoms with Gasteiger partial charge in [0.05, 0.1) is 32.5 Å². The van der Waals surface area contributed by atoms with Gasteiger partial charge in [0.25, 0.3) is 0 Å². The Labute approximate surface area is 127 Å². The van der Waals surface area contributed by atoms with Crippen molar-refractivity contribution in [3.63, 3.8) is 0 Å². The minimum atomic E-state index is -1.13. The zero-order valence-electron chi connectivity index (χ0n) is 12.1. The summed E-state index contributed by atoms with van der Waals surface area (Å²) < 4.78 is 6.57. The van der Waals surface area contributed by atoms with Crippen LogP contribution in [0.15, 0.2) is 30.5 Å². The Hall–Kier alpha value is -2.61. The van der Waals surface area contributed by atoms with Crippen LogP contribution in [-0.2, 0) is 13.0 Å². The van der Waals surface area contributed by atoms with Gasteiger partial charge in [-0.25, -0.2) is 9.48 Å². The number of hydrogen-bond acceptors (Lipinski definition) is 5. The molecule has 3 N–H and O–H groups in total. The Morgan fingerprint density at radius 3 is 2.73 bits per heavy atom. The lowest BCUT2D eigenvalue weighted by Crippen LogP contribution is -2.28. The third kappa shape index (κ3) is 4.19. The highest BCUT2D eigenvalue weighted by atomic mass is 16.5. The fourth-order valence-electron chi connectivity index (χ4n) is 2.06. The first-order valence-electron chi connectivity index (χ1n) is 6.75. The molecule has 8 nitrogen and oxygen atoms in total. The van der Waals surface area contributed by atoms with E-state index >= 15 is 0 Å². The van der Waals surface area contributed by atoms with Crippen LogP contribution in [0.4, 0.5) is 4.79 Å². The number of aromatic nitrogens is 3. The Morgan fingerprint density at radius 2 is 2.14 bits per heavy atom. The molecule has 0 aliphatic carbocycles. The summed E-state index contributed by atoms with van der Waals surface area (Å²) in [6.45, 7) is 0.258. The summed E-state index contributed by atoms with van der Waals surface area (Å²) in [6.07, 6.45) is 0.935. The van der Waals surface area contributed by atoms with E-state index in [9.17, 15) is 4.79 Å². The van der Waals surface area contributed by atoms with Gasteiger partial charge in [-0.05, 0) is 24.1 Å². The molecule has 118 valence electrons. The molecule has 0 aliphatic rings. The van der Waals surface area contributed by atoms with Gasteiger partial charge in [-0.1, -0.05) is 17.3 Å². The van der Waals surface area contributed by atoms with Crippen LogP contribution in [0.3, 0.4) is 0 Å². The van der Waals surface area contributed by atoms with Gasteiger partial charge in [-0.2, -0.15) is 0 Å². The highest BCUT2D eigenvalue weighted by Gasteiger charge is 2.18. The number of aliphatic hydroxyl groups excluding tert-OH is 1. The average molecular weight is 306 g/mol. The van der Waals surface area contributed by atoms with E-state index in [0.29, 0.717) is 18.7 Å². The quantitative estimate of drug-likeness (QED) is 0.699. The molecule has 0 saturated carbocycles. The average Bonchev–Trinajstić information content (AvgIpc) is 2.96. The number of ether oxygens (including phenoxy) is 1. The number of nitrogens with zero attached hydrogens (tertiary/aromatic N) is 3. The summed E-state index contributed by atoms with van der Waals surface area (Å²) in [5.74, 6) is 0.736. The summed E-state index contributed by atoms with van der Waals surface area (Å²) in [7, 11) is 1.59. The maximum atomic E-state index is 11.0. The van der Waals surface area contributed by atoms with E-state index in [1.807, 2.05) is 24.3 Å². The van der Waals surface area contributed by atoms with Crippen molar-refractivity contribution in [1.29, 1.82) is 0 Å². The second-order valence-corrected chi connectivity index (χ2v) is 4.68. The van der Waals surface area contributed by atoms with Crippen molar-refractivity contribution in [3.8, 4) is 5.75 Å². The summed E-state index contributed by atoms with van der Waals surface area (Å²) in [5.41, 5.74) is 1.45. The van der Waals surface area contributed by atoms with E-state index in [2.05, 4.69) is 15.6 Å². The first-order valence-corrected chi connectivity index (χ1v) is 6.75. The van der Waals surface area contributed by atoms with Gasteiger partial charge in [0, 0.05) is 0 Å². The molecule has 1 atom stereocenters. The molecule has 1 unspecified atom stereocenters. The molecule has 0 aliphatic heterocycles. The van der Waals surface area contributed by atoms with E-state index in [4.69, 9.17) is 14.9 Å². The smallest absolute Gasteiger partial charge is 0.405 e. The Kier molecular flexibility index (Phi) is 5.31. The molecule has 0 radical (unpaired) electrons. The summed E-state index contributed by atoms with van der Waals surface area (Å²) >= 11 is 0. The lowest BCUT2D eigenvalue weighted by molar-refractivity contribution is 0.189. The zero-order chi connectivity index (χ0) is 15.9. The number of aliphatic hydroxyl groups is 1. The number of carboxylic acid groups (broad SMARTS) is 1. The number of methoxy groups -OCH3 is 1. The van der Waals surface area contributed by atoms with Gasteiger partial charge >= 0.3 is 6.09 Å². The number of hydrogen-bond donors (Lipinski definition) is 3. The number of rotatable bonds is 7. The molecule has 2 rings (SSSR count). The number of carbonyl (C=O) groups is 1. The number of nitrogens with one attached hydrogen (secondary N) is 1. The lowest BCUT2D eigenvalue weighted by atomic mass is 10.0. The van der Waals surface area contributed by atoms with Crippen LogP contribution in [0.5, 0.6) is 5.75 Å². The lowest BCUT2D eigenvalue weighted by Gasteiger charge is -2.14. The van der Waals surface area contributed by atoms with Crippen molar-refractivity contribution in [3.05, 3.63) is 41.7 Å². The molecular weight excluding hydrogens is 288 g/mol. The second kappa shape index (κ2) is 7.41. The maximum absolute atomic E-state index is 11.0. The summed E-state index contributed by atoms with van der Waals surface area (Å²) in [5, 5.41) is 28.1. The largest absolute Gasteiger partial charge is 0.497 e. The van der Waals surface area contributed by atoms with Gasteiger partial charge in [-0.15, -0.1) is 5.10 Å². The third-order valence-corrected chi connectivity index (χ3v) is 3.14. The van der Waals surface area contributed by atoms with E-state index in [1.54, 1.807) is 13.3 Å². The molecule has 1 amide bonds. The first kappa shape index (κ1) is 15.8. The minimum absolute atomic E-state index is 0.0572. The fourth-order valence-corrected chi connectivity index (χ4v) is 2.06. The number of benzene rings is 1. The van der Waals surface area contributed by atoms with E-state index in [0.717, 1.165) is 11.3 Å². The van der Waals surface area contributed by atoms with Crippen molar-refractivity contribution >= 4 is 6.09 Å². The first-order chi connectivity index (χ1) is 10.6. The fraction of sp³-hybridized carbons (Fsp3) is 0.357. The predicted octanol–water partition coefficient (Wildman–Crippen LogP) is 0.830. The van der Waals surface area contributed by atoms with Crippen LogP contribution in [0.2, 0.25) is 0 Å². The Morgan fingerprint density at radius 1 is 1.41 bits per heavy atom. The Bertz CT molecular complexity index is 612. The van der Waals surface area contributed by atoms with Crippen molar-refractivity contribution in [2.45, 2.75) is 19.0 Å². The SMILES string of the molecule is COc1ccc(CC(NC(=O)O)c2cn(CCO)nn2)cc1. The molecular formula is C14H18N4O4. The number of amides is 1. The minimum Gasteiger partial charge on any atom is -0.497 e.